The maximum atomic E-state index is 6.23. The number of nitrogens with zero attached hydrogens (tertiary/aromatic N) is 1. The van der Waals surface area contributed by atoms with E-state index in [1.165, 1.54) is 9.75 Å². The molecule has 92 valence electrons. The molecule has 2 aromatic rings. The van der Waals surface area contributed by atoms with Crippen LogP contribution in [0.4, 0.5) is 0 Å². The Morgan fingerprint density at radius 3 is 2.65 bits per heavy atom. The largest absolute Gasteiger partial charge is 0.305 e. The Morgan fingerprint density at radius 1 is 1.41 bits per heavy atom. The summed E-state index contributed by atoms with van der Waals surface area (Å²) < 4.78 is 0. The molecule has 0 fully saturated rings. The van der Waals surface area contributed by atoms with E-state index in [0.717, 1.165) is 22.3 Å². The van der Waals surface area contributed by atoms with Gasteiger partial charge in [0.05, 0.1) is 21.8 Å². The third kappa shape index (κ3) is 2.71. The van der Waals surface area contributed by atoms with E-state index in [-0.39, 0.29) is 6.04 Å². The number of halogens is 1. The number of nitrogens with one attached hydrogen (secondary N) is 1. The van der Waals surface area contributed by atoms with Gasteiger partial charge in [0.15, 0.2) is 0 Å². The van der Waals surface area contributed by atoms with Crippen molar-refractivity contribution in [2.75, 3.05) is 6.54 Å². The van der Waals surface area contributed by atoms with Crippen molar-refractivity contribution in [3.63, 3.8) is 0 Å². The molecule has 1 atom stereocenters. The van der Waals surface area contributed by atoms with Gasteiger partial charge in [-0.25, -0.2) is 4.98 Å². The van der Waals surface area contributed by atoms with Crippen molar-refractivity contribution in [1.82, 2.24) is 10.3 Å². The normalized spacial score (nSPS) is 12.9. The highest BCUT2D eigenvalue weighted by atomic mass is 35.5. The van der Waals surface area contributed by atoms with Gasteiger partial charge in [0.2, 0.25) is 0 Å². The minimum atomic E-state index is 0.179. The zero-order chi connectivity index (χ0) is 12.4. The molecule has 5 heteroatoms. The molecule has 0 bridgehead atoms. The first-order chi connectivity index (χ1) is 8.13. The molecule has 0 amide bonds. The molecule has 0 aromatic carbocycles. The van der Waals surface area contributed by atoms with Crippen LogP contribution >= 0.6 is 34.3 Å². The number of rotatable bonds is 4. The van der Waals surface area contributed by atoms with Crippen molar-refractivity contribution in [3.05, 3.63) is 36.9 Å². The predicted octanol–water partition coefficient (Wildman–Crippen LogP) is 4.17. The highest BCUT2D eigenvalue weighted by Crippen LogP contribution is 2.36. The summed E-state index contributed by atoms with van der Waals surface area (Å²) in [6, 6.07) is 2.13. The molecule has 0 saturated carbocycles. The molecule has 0 aliphatic carbocycles. The van der Waals surface area contributed by atoms with E-state index >= 15 is 0 Å². The molecule has 1 unspecified atom stereocenters. The van der Waals surface area contributed by atoms with Gasteiger partial charge in [-0.2, -0.15) is 0 Å². The summed E-state index contributed by atoms with van der Waals surface area (Å²) in [5.74, 6) is 0. The SMILES string of the molecule is CCNC(c1sccc1Cl)c1sc(C)nc1C. The molecule has 2 rings (SSSR count). The monoisotopic (exact) mass is 286 g/mol. The first kappa shape index (κ1) is 13.0. The zero-order valence-electron chi connectivity index (χ0n) is 10.1. The van der Waals surface area contributed by atoms with E-state index in [4.69, 9.17) is 11.6 Å². The number of hydrogen-bond donors (Lipinski definition) is 1. The second-order valence-electron chi connectivity index (χ2n) is 3.81. The van der Waals surface area contributed by atoms with Crippen molar-refractivity contribution < 1.29 is 0 Å². The van der Waals surface area contributed by atoms with Crippen molar-refractivity contribution in [2.24, 2.45) is 0 Å². The Hall–Kier alpha value is -0.420. The second-order valence-corrected chi connectivity index (χ2v) is 6.40. The van der Waals surface area contributed by atoms with Gasteiger partial charge in [-0.05, 0) is 31.8 Å². The van der Waals surface area contributed by atoms with Gasteiger partial charge >= 0.3 is 0 Å². The number of aryl methyl sites for hydroxylation is 2. The van der Waals surface area contributed by atoms with Crippen LogP contribution in [0.15, 0.2) is 11.4 Å². The summed E-state index contributed by atoms with van der Waals surface area (Å²) in [5, 5.41) is 7.47. The molecule has 17 heavy (non-hydrogen) atoms. The molecule has 0 aliphatic heterocycles. The van der Waals surface area contributed by atoms with E-state index in [1.54, 1.807) is 22.7 Å². The predicted molar refractivity (Wildman–Crippen MR) is 76.4 cm³/mol. The van der Waals surface area contributed by atoms with Gasteiger partial charge in [0.25, 0.3) is 0 Å². The van der Waals surface area contributed by atoms with Crippen molar-refractivity contribution in [2.45, 2.75) is 26.8 Å². The fourth-order valence-corrected chi connectivity index (χ4v) is 4.17. The Labute approximate surface area is 115 Å². The van der Waals surface area contributed by atoms with Crippen molar-refractivity contribution >= 4 is 34.3 Å². The molecule has 0 spiro atoms. The summed E-state index contributed by atoms with van der Waals surface area (Å²) in [6.07, 6.45) is 0. The topological polar surface area (TPSA) is 24.9 Å². The highest BCUT2D eigenvalue weighted by molar-refractivity contribution is 7.13. The van der Waals surface area contributed by atoms with Crippen LogP contribution in [-0.4, -0.2) is 11.5 Å². The highest BCUT2D eigenvalue weighted by Gasteiger charge is 2.21. The molecule has 2 nitrogen and oxygen atoms in total. The standard InChI is InChI=1S/C12H15ClN2S2/c1-4-14-10(12-9(13)5-6-16-12)11-7(2)15-8(3)17-11/h5-6,10,14H,4H2,1-3H3. The molecular weight excluding hydrogens is 272 g/mol. The molecule has 0 aliphatic rings. The first-order valence-corrected chi connectivity index (χ1v) is 7.61. The Kier molecular flexibility index (Phi) is 4.20. The van der Waals surface area contributed by atoms with E-state index < -0.39 is 0 Å². The number of thiophene rings is 1. The lowest BCUT2D eigenvalue weighted by atomic mass is 10.1. The number of thiazole rings is 1. The lowest BCUT2D eigenvalue weighted by molar-refractivity contribution is 0.644. The van der Waals surface area contributed by atoms with Crippen molar-refractivity contribution in [3.8, 4) is 0 Å². The van der Waals surface area contributed by atoms with Gasteiger partial charge < -0.3 is 5.32 Å². The van der Waals surface area contributed by atoms with Gasteiger partial charge in [0, 0.05) is 9.75 Å². The van der Waals surface area contributed by atoms with Crippen LogP contribution in [-0.2, 0) is 0 Å². The number of hydrogen-bond acceptors (Lipinski definition) is 4. The molecule has 0 radical (unpaired) electrons. The third-order valence-corrected chi connectivity index (χ3v) is 5.08. The smallest absolute Gasteiger partial charge is 0.0900 e. The van der Waals surface area contributed by atoms with Crippen LogP contribution in [0, 0.1) is 13.8 Å². The fraction of sp³-hybridized carbons (Fsp3) is 0.417. The van der Waals surface area contributed by atoms with Crippen LogP contribution in [0.2, 0.25) is 5.02 Å². The molecular formula is C12H15ClN2S2. The zero-order valence-corrected chi connectivity index (χ0v) is 12.5. The lowest BCUT2D eigenvalue weighted by Gasteiger charge is -2.16. The average molecular weight is 287 g/mol. The van der Waals surface area contributed by atoms with E-state index in [1.807, 2.05) is 18.4 Å². The summed E-state index contributed by atoms with van der Waals surface area (Å²) in [5.41, 5.74) is 1.10. The maximum absolute atomic E-state index is 6.23. The summed E-state index contributed by atoms with van der Waals surface area (Å²) in [4.78, 5) is 6.95. The van der Waals surface area contributed by atoms with Gasteiger partial charge in [-0.15, -0.1) is 22.7 Å². The van der Waals surface area contributed by atoms with Gasteiger partial charge in [-0.1, -0.05) is 18.5 Å². The van der Waals surface area contributed by atoms with Crippen LogP contribution in [0.1, 0.15) is 33.4 Å². The Balaban J connectivity index is 2.42. The summed E-state index contributed by atoms with van der Waals surface area (Å²) in [7, 11) is 0. The first-order valence-electron chi connectivity index (χ1n) is 5.53. The minimum absolute atomic E-state index is 0.179. The third-order valence-electron chi connectivity index (χ3n) is 2.52. The van der Waals surface area contributed by atoms with Crippen LogP contribution < -0.4 is 5.32 Å². The summed E-state index contributed by atoms with van der Waals surface area (Å²) in [6.45, 7) is 7.12. The van der Waals surface area contributed by atoms with Gasteiger partial charge in [-0.3, -0.25) is 0 Å². The van der Waals surface area contributed by atoms with E-state index in [0.29, 0.717) is 0 Å². The molecule has 1 N–H and O–H groups in total. The Bertz CT molecular complexity index is 504. The molecule has 2 aromatic heterocycles. The maximum Gasteiger partial charge on any atom is 0.0900 e. The van der Waals surface area contributed by atoms with Crippen molar-refractivity contribution in [1.29, 1.82) is 0 Å². The average Bonchev–Trinajstić information content (AvgIpc) is 2.82. The molecule has 2 heterocycles. The fourth-order valence-electron chi connectivity index (χ4n) is 1.83. The van der Waals surface area contributed by atoms with Crippen LogP contribution in [0.25, 0.3) is 0 Å². The van der Waals surface area contributed by atoms with Gasteiger partial charge in [0.1, 0.15) is 0 Å². The molecule has 0 saturated heterocycles. The quantitative estimate of drug-likeness (QED) is 0.912. The second kappa shape index (κ2) is 5.48. The summed E-state index contributed by atoms with van der Waals surface area (Å²) >= 11 is 9.67. The van der Waals surface area contributed by atoms with E-state index in [9.17, 15) is 0 Å². The van der Waals surface area contributed by atoms with Crippen LogP contribution in [0.5, 0.6) is 0 Å². The minimum Gasteiger partial charge on any atom is -0.305 e. The number of aromatic nitrogens is 1. The lowest BCUT2D eigenvalue weighted by Crippen LogP contribution is -2.21. The van der Waals surface area contributed by atoms with E-state index in [2.05, 4.69) is 24.1 Å². The Morgan fingerprint density at radius 2 is 2.18 bits per heavy atom. The van der Waals surface area contributed by atoms with Crippen LogP contribution in [0.3, 0.4) is 0 Å².